The summed E-state index contributed by atoms with van der Waals surface area (Å²) in [6, 6.07) is 0. The molecule has 1 aliphatic rings. The van der Waals surface area contributed by atoms with Gasteiger partial charge in [-0.2, -0.15) is 0 Å². The van der Waals surface area contributed by atoms with E-state index in [-0.39, 0.29) is 0 Å². The molecule has 0 spiro atoms. The third kappa shape index (κ3) is 2.74. The van der Waals surface area contributed by atoms with Gasteiger partial charge in [0.05, 0.1) is 6.61 Å². The van der Waals surface area contributed by atoms with Crippen LogP contribution in [0.3, 0.4) is 0 Å². The minimum Gasteiger partial charge on any atom is -0.388 e. The molecule has 0 saturated carbocycles. The fourth-order valence-electron chi connectivity index (χ4n) is 1.28. The van der Waals surface area contributed by atoms with Crippen LogP contribution in [0, 0.1) is 0 Å². The van der Waals surface area contributed by atoms with E-state index >= 15 is 0 Å². The normalized spacial score (nSPS) is 40.1. The molecule has 1 heterocycles. The zero-order chi connectivity index (χ0) is 11.8. The van der Waals surface area contributed by atoms with Crippen molar-refractivity contribution < 1.29 is 39.5 Å². The van der Waals surface area contributed by atoms with Crippen LogP contribution in [0.5, 0.6) is 0 Å². The van der Waals surface area contributed by atoms with Crippen molar-refractivity contribution >= 4 is 7.60 Å². The maximum Gasteiger partial charge on any atom is 0.356 e. The molecule has 6 N–H and O–H groups in total. The average Bonchev–Trinajstić information content (AvgIpc) is 2.12. The first-order valence-corrected chi connectivity index (χ1v) is 5.82. The predicted molar refractivity (Wildman–Crippen MR) is 45.8 cm³/mol. The molecular weight excluding hydrogens is 231 g/mol. The standard InChI is InChI=1S/C6H13O8P/c7-2-1-14-5(4(9)3(2)8)6(10)15(11,12)13/h2-10H,1H2,(H2,11,12,13)/t2-,3+,4-,5-,6?/m0/s1. The van der Waals surface area contributed by atoms with E-state index in [0.29, 0.717) is 0 Å². The van der Waals surface area contributed by atoms with E-state index in [2.05, 4.69) is 4.74 Å². The van der Waals surface area contributed by atoms with Crippen LogP contribution < -0.4 is 0 Å². The molecular formula is C6H13O8P. The molecule has 1 aliphatic heterocycles. The van der Waals surface area contributed by atoms with Gasteiger partial charge in [-0.15, -0.1) is 0 Å². The summed E-state index contributed by atoms with van der Waals surface area (Å²) < 4.78 is 15.3. The van der Waals surface area contributed by atoms with Crippen molar-refractivity contribution in [2.24, 2.45) is 0 Å². The number of ether oxygens (including phenoxy) is 1. The third-order valence-electron chi connectivity index (χ3n) is 2.18. The van der Waals surface area contributed by atoms with Crippen LogP contribution in [0.15, 0.2) is 0 Å². The van der Waals surface area contributed by atoms with E-state index in [4.69, 9.17) is 20.0 Å². The second-order valence-corrected chi connectivity index (χ2v) is 5.06. The second-order valence-electron chi connectivity index (χ2n) is 3.35. The molecule has 0 bridgehead atoms. The molecule has 0 aliphatic carbocycles. The first-order chi connectivity index (χ1) is 6.75. The second kappa shape index (κ2) is 4.44. The molecule has 1 unspecified atom stereocenters. The van der Waals surface area contributed by atoms with Crippen LogP contribution in [-0.2, 0) is 9.30 Å². The van der Waals surface area contributed by atoms with E-state index in [0.717, 1.165) is 0 Å². The Bertz CT molecular complexity index is 264. The lowest BCUT2D eigenvalue weighted by molar-refractivity contribution is -0.202. The fraction of sp³-hybridized carbons (Fsp3) is 1.00. The van der Waals surface area contributed by atoms with Gasteiger partial charge in [0.2, 0.25) is 0 Å². The number of aliphatic hydroxyl groups excluding tert-OH is 4. The summed E-state index contributed by atoms with van der Waals surface area (Å²) in [6.45, 7) is -0.417. The third-order valence-corrected chi connectivity index (χ3v) is 3.16. The summed E-state index contributed by atoms with van der Waals surface area (Å²) in [5.74, 6) is -2.23. The van der Waals surface area contributed by atoms with Gasteiger partial charge >= 0.3 is 7.60 Å². The predicted octanol–water partition coefficient (Wildman–Crippen LogP) is -3.04. The minimum absolute atomic E-state index is 0.417. The quantitative estimate of drug-likeness (QED) is 0.281. The van der Waals surface area contributed by atoms with E-state index in [9.17, 15) is 14.8 Å². The summed E-state index contributed by atoms with van der Waals surface area (Å²) in [5, 5.41) is 36.7. The van der Waals surface area contributed by atoms with Crippen molar-refractivity contribution in [3.63, 3.8) is 0 Å². The van der Waals surface area contributed by atoms with Gasteiger partial charge in [0.25, 0.3) is 0 Å². The molecule has 0 aromatic rings. The Morgan fingerprint density at radius 3 is 2.20 bits per heavy atom. The molecule has 0 amide bonds. The van der Waals surface area contributed by atoms with E-state index in [1.54, 1.807) is 0 Å². The van der Waals surface area contributed by atoms with Gasteiger partial charge in [0.15, 0.2) is 5.85 Å². The van der Waals surface area contributed by atoms with Crippen molar-refractivity contribution in [3.8, 4) is 0 Å². The molecule has 0 aromatic heterocycles. The first-order valence-electron chi connectivity index (χ1n) is 4.14. The van der Waals surface area contributed by atoms with E-state index in [1.165, 1.54) is 0 Å². The van der Waals surface area contributed by atoms with Crippen molar-refractivity contribution in [3.05, 3.63) is 0 Å². The Morgan fingerprint density at radius 1 is 1.20 bits per heavy atom. The van der Waals surface area contributed by atoms with Crippen molar-refractivity contribution in [2.45, 2.75) is 30.3 Å². The maximum atomic E-state index is 10.7. The van der Waals surface area contributed by atoms with Gasteiger partial charge in [0.1, 0.15) is 24.4 Å². The summed E-state index contributed by atoms with van der Waals surface area (Å²) in [4.78, 5) is 17.3. The first kappa shape index (κ1) is 13.0. The summed E-state index contributed by atoms with van der Waals surface area (Å²) >= 11 is 0. The van der Waals surface area contributed by atoms with Crippen molar-refractivity contribution in [1.82, 2.24) is 0 Å². The van der Waals surface area contributed by atoms with E-state index in [1.807, 2.05) is 0 Å². The SMILES string of the molecule is O=P(O)(O)C(O)[C@H]1OC[C@H](O)[C@@H](O)[C@@H]1O. The minimum atomic E-state index is -4.83. The average molecular weight is 244 g/mol. The van der Waals surface area contributed by atoms with Crippen LogP contribution in [0.25, 0.3) is 0 Å². The lowest BCUT2D eigenvalue weighted by Gasteiger charge is -2.37. The fourth-order valence-corrected chi connectivity index (χ4v) is 1.93. The summed E-state index contributed by atoms with van der Waals surface area (Å²) in [5.41, 5.74) is 0. The van der Waals surface area contributed by atoms with Crippen LogP contribution >= 0.6 is 7.60 Å². The topological polar surface area (TPSA) is 148 Å². The van der Waals surface area contributed by atoms with Crippen molar-refractivity contribution in [1.29, 1.82) is 0 Å². The molecule has 0 radical (unpaired) electrons. The highest BCUT2D eigenvalue weighted by Crippen LogP contribution is 2.43. The zero-order valence-corrected chi connectivity index (χ0v) is 8.44. The van der Waals surface area contributed by atoms with Gasteiger partial charge < -0.3 is 34.9 Å². The van der Waals surface area contributed by atoms with Crippen LogP contribution in [-0.4, -0.2) is 67.1 Å². The van der Waals surface area contributed by atoms with Crippen LogP contribution in [0.2, 0.25) is 0 Å². The Morgan fingerprint density at radius 2 is 1.73 bits per heavy atom. The van der Waals surface area contributed by atoms with Gasteiger partial charge in [-0.1, -0.05) is 0 Å². The van der Waals surface area contributed by atoms with Gasteiger partial charge in [-0.25, -0.2) is 0 Å². The molecule has 1 saturated heterocycles. The van der Waals surface area contributed by atoms with Gasteiger partial charge in [0, 0.05) is 0 Å². The highest BCUT2D eigenvalue weighted by atomic mass is 31.2. The molecule has 9 heteroatoms. The lowest BCUT2D eigenvalue weighted by Crippen LogP contribution is -2.56. The monoisotopic (exact) mass is 244 g/mol. The Kier molecular flexibility index (Phi) is 3.85. The highest BCUT2D eigenvalue weighted by molar-refractivity contribution is 7.52. The smallest absolute Gasteiger partial charge is 0.356 e. The molecule has 0 aromatic carbocycles. The molecule has 8 nitrogen and oxygen atoms in total. The summed E-state index contributed by atoms with van der Waals surface area (Å²) in [7, 11) is -4.83. The molecule has 15 heavy (non-hydrogen) atoms. The number of rotatable bonds is 2. The van der Waals surface area contributed by atoms with Crippen LogP contribution in [0.4, 0.5) is 0 Å². The number of hydrogen-bond acceptors (Lipinski definition) is 6. The maximum absolute atomic E-state index is 10.7. The Labute approximate surface area is 84.9 Å². The van der Waals surface area contributed by atoms with Gasteiger partial charge in [-0.05, 0) is 0 Å². The molecule has 1 rings (SSSR count). The molecule has 5 atom stereocenters. The largest absolute Gasteiger partial charge is 0.388 e. The Balaban J connectivity index is 2.76. The molecule has 1 fully saturated rings. The molecule has 90 valence electrons. The zero-order valence-electron chi connectivity index (χ0n) is 7.54. The lowest BCUT2D eigenvalue weighted by atomic mass is 10.0. The number of aliphatic hydroxyl groups is 4. The highest BCUT2D eigenvalue weighted by Gasteiger charge is 2.46. The Hall–Kier alpha value is -0.0500. The van der Waals surface area contributed by atoms with Gasteiger partial charge in [-0.3, -0.25) is 4.57 Å². The van der Waals surface area contributed by atoms with Crippen LogP contribution in [0.1, 0.15) is 0 Å². The van der Waals surface area contributed by atoms with E-state index < -0.39 is 44.5 Å². The number of hydrogen-bond donors (Lipinski definition) is 6. The van der Waals surface area contributed by atoms with Crippen molar-refractivity contribution in [2.75, 3.05) is 6.61 Å². The summed E-state index contributed by atoms with van der Waals surface area (Å²) in [6.07, 6.45) is -6.33.